The number of nitrogens with zero attached hydrogens (tertiary/aromatic N) is 2. The van der Waals surface area contributed by atoms with Crippen molar-refractivity contribution in [2.75, 3.05) is 24.6 Å². The van der Waals surface area contributed by atoms with E-state index in [1.165, 1.54) is 12.3 Å². The quantitative estimate of drug-likeness (QED) is 0.763. The zero-order valence-electron chi connectivity index (χ0n) is 16.4. The van der Waals surface area contributed by atoms with Crippen molar-refractivity contribution in [3.8, 4) is 0 Å². The maximum atomic E-state index is 15.2. The molecule has 6 nitrogen and oxygen atoms in total. The first-order valence-corrected chi connectivity index (χ1v) is 10.5. The van der Waals surface area contributed by atoms with Gasteiger partial charge >= 0.3 is 5.97 Å². The molecule has 0 radical (unpaired) electrons. The van der Waals surface area contributed by atoms with Gasteiger partial charge in [0.2, 0.25) is 5.43 Å². The number of nitrogens with two attached hydrogens (primary N) is 1. The van der Waals surface area contributed by atoms with E-state index in [9.17, 15) is 9.59 Å². The molecule has 1 aromatic carbocycles. The Balaban J connectivity index is 1.93. The van der Waals surface area contributed by atoms with Crippen molar-refractivity contribution in [2.24, 2.45) is 5.73 Å². The van der Waals surface area contributed by atoms with Crippen LogP contribution in [0, 0.1) is 5.82 Å². The van der Waals surface area contributed by atoms with Crippen molar-refractivity contribution in [3.05, 3.63) is 38.9 Å². The number of carbonyl (C=O) groups excluding carboxylic acids is 1. The lowest BCUT2D eigenvalue weighted by Gasteiger charge is -2.27. The van der Waals surface area contributed by atoms with E-state index in [-0.39, 0.29) is 40.4 Å². The Bertz CT molecular complexity index is 1020. The van der Waals surface area contributed by atoms with E-state index in [1.807, 2.05) is 9.47 Å². The molecular weight excluding hydrogens is 397 g/mol. The standard InChI is InChI=1S/C21H25ClFN3O3/c1-2-29-21(28)15-11-26(13-6-7-13)18-14(20(15)27)9-16(23)19(17(18)22)25-8-4-3-5-12(24)10-25/h9,11-13H,2-8,10,24H2,1H3. The second kappa shape index (κ2) is 7.95. The molecule has 1 aliphatic carbocycles. The fourth-order valence-electron chi connectivity index (χ4n) is 4.09. The van der Waals surface area contributed by atoms with Gasteiger partial charge < -0.3 is 19.9 Å². The third-order valence-corrected chi connectivity index (χ3v) is 6.00. The van der Waals surface area contributed by atoms with Gasteiger partial charge in [0.25, 0.3) is 0 Å². The molecule has 4 rings (SSSR count). The Kier molecular flexibility index (Phi) is 5.53. The first kappa shape index (κ1) is 20.2. The van der Waals surface area contributed by atoms with E-state index in [0.717, 1.165) is 32.1 Å². The summed E-state index contributed by atoms with van der Waals surface area (Å²) in [5, 5.41) is 0.307. The molecule has 0 amide bonds. The van der Waals surface area contributed by atoms with E-state index in [2.05, 4.69) is 0 Å². The Morgan fingerprint density at radius 3 is 2.79 bits per heavy atom. The Morgan fingerprint density at radius 2 is 2.10 bits per heavy atom. The Labute approximate surface area is 173 Å². The number of rotatable bonds is 4. The zero-order valence-corrected chi connectivity index (χ0v) is 17.2. The third kappa shape index (κ3) is 3.73. The number of aromatic nitrogens is 1. The van der Waals surface area contributed by atoms with Gasteiger partial charge in [-0.3, -0.25) is 4.79 Å². The summed E-state index contributed by atoms with van der Waals surface area (Å²) in [6, 6.07) is 1.28. The number of benzene rings is 1. The molecule has 8 heteroatoms. The second-order valence-electron chi connectivity index (χ2n) is 7.85. The molecule has 1 saturated carbocycles. The van der Waals surface area contributed by atoms with Gasteiger partial charge in [-0.25, -0.2) is 9.18 Å². The Morgan fingerprint density at radius 1 is 1.34 bits per heavy atom. The highest BCUT2D eigenvalue weighted by Crippen LogP contribution is 2.42. The van der Waals surface area contributed by atoms with Crippen LogP contribution in [0.25, 0.3) is 10.9 Å². The summed E-state index contributed by atoms with van der Waals surface area (Å²) in [7, 11) is 0. The monoisotopic (exact) mass is 421 g/mol. The van der Waals surface area contributed by atoms with E-state index in [4.69, 9.17) is 22.1 Å². The number of halogens is 2. The fraction of sp³-hybridized carbons (Fsp3) is 0.524. The van der Waals surface area contributed by atoms with Crippen LogP contribution in [0.2, 0.25) is 5.02 Å². The van der Waals surface area contributed by atoms with Crippen molar-refractivity contribution in [1.29, 1.82) is 0 Å². The van der Waals surface area contributed by atoms with Crippen molar-refractivity contribution < 1.29 is 13.9 Å². The maximum Gasteiger partial charge on any atom is 0.343 e. The molecule has 1 aromatic heterocycles. The number of esters is 1. The minimum absolute atomic E-state index is 0.0551. The van der Waals surface area contributed by atoms with E-state index >= 15 is 4.39 Å². The maximum absolute atomic E-state index is 15.2. The first-order chi connectivity index (χ1) is 13.9. The molecule has 0 bridgehead atoms. The van der Waals surface area contributed by atoms with Crippen molar-refractivity contribution in [3.63, 3.8) is 0 Å². The van der Waals surface area contributed by atoms with Gasteiger partial charge in [-0.2, -0.15) is 0 Å². The Hall–Kier alpha value is -2.12. The number of anilines is 1. The molecule has 156 valence electrons. The van der Waals surface area contributed by atoms with Gasteiger partial charge in [0.05, 0.1) is 28.2 Å². The number of pyridine rings is 1. The highest BCUT2D eigenvalue weighted by Gasteiger charge is 2.31. The molecule has 2 aliphatic rings. The summed E-state index contributed by atoms with van der Waals surface area (Å²) < 4.78 is 22.1. The van der Waals surface area contributed by atoms with Crippen LogP contribution in [-0.4, -0.2) is 36.3 Å². The van der Waals surface area contributed by atoms with Crippen LogP contribution in [-0.2, 0) is 4.74 Å². The number of ether oxygens (including phenoxy) is 1. The predicted molar refractivity (Wildman–Crippen MR) is 111 cm³/mol. The lowest BCUT2D eigenvalue weighted by atomic mass is 10.1. The highest BCUT2D eigenvalue weighted by atomic mass is 35.5. The summed E-state index contributed by atoms with van der Waals surface area (Å²) in [6.45, 7) is 3.00. The van der Waals surface area contributed by atoms with Gasteiger partial charge in [0.1, 0.15) is 11.4 Å². The average Bonchev–Trinajstić information content (AvgIpc) is 3.51. The van der Waals surface area contributed by atoms with Crippen LogP contribution >= 0.6 is 11.6 Å². The minimum atomic E-state index is -0.701. The second-order valence-corrected chi connectivity index (χ2v) is 8.23. The number of carbonyl (C=O) groups is 1. The van der Waals surface area contributed by atoms with Gasteiger partial charge in [0, 0.05) is 31.4 Å². The molecule has 1 unspecified atom stereocenters. The van der Waals surface area contributed by atoms with Gasteiger partial charge in [-0.1, -0.05) is 18.0 Å². The van der Waals surface area contributed by atoms with E-state index in [0.29, 0.717) is 18.6 Å². The fourth-order valence-corrected chi connectivity index (χ4v) is 4.50. The molecule has 1 saturated heterocycles. The molecule has 0 spiro atoms. The lowest BCUT2D eigenvalue weighted by Crippen LogP contribution is -2.36. The molecular formula is C21H25ClFN3O3. The number of fused-ring (bicyclic) bond motifs is 1. The third-order valence-electron chi connectivity index (χ3n) is 5.64. The van der Waals surface area contributed by atoms with Gasteiger partial charge in [-0.05, 0) is 38.7 Å². The van der Waals surface area contributed by atoms with Gasteiger partial charge in [-0.15, -0.1) is 0 Å². The summed E-state index contributed by atoms with van der Waals surface area (Å²) >= 11 is 6.72. The van der Waals surface area contributed by atoms with Crippen LogP contribution in [0.1, 0.15) is 55.4 Å². The highest BCUT2D eigenvalue weighted by molar-refractivity contribution is 6.38. The molecule has 2 aromatic rings. The topological polar surface area (TPSA) is 77.6 Å². The van der Waals surface area contributed by atoms with Crippen LogP contribution in [0.5, 0.6) is 0 Å². The predicted octanol–water partition coefficient (Wildman–Crippen LogP) is 3.62. The zero-order chi connectivity index (χ0) is 20.7. The average molecular weight is 422 g/mol. The molecule has 29 heavy (non-hydrogen) atoms. The van der Waals surface area contributed by atoms with Gasteiger partial charge in [0.15, 0.2) is 0 Å². The van der Waals surface area contributed by atoms with Crippen LogP contribution < -0.4 is 16.1 Å². The normalized spacial score (nSPS) is 20.0. The number of hydrogen-bond donors (Lipinski definition) is 1. The van der Waals surface area contributed by atoms with E-state index in [1.54, 1.807) is 6.92 Å². The largest absolute Gasteiger partial charge is 0.462 e. The summed E-state index contributed by atoms with van der Waals surface area (Å²) in [5.41, 5.74) is 6.26. The van der Waals surface area contributed by atoms with Crippen LogP contribution in [0.15, 0.2) is 17.1 Å². The first-order valence-electron chi connectivity index (χ1n) is 10.2. The van der Waals surface area contributed by atoms with Crippen molar-refractivity contribution >= 4 is 34.2 Å². The number of hydrogen-bond acceptors (Lipinski definition) is 5. The van der Waals surface area contributed by atoms with Crippen LogP contribution in [0.4, 0.5) is 10.1 Å². The van der Waals surface area contributed by atoms with E-state index < -0.39 is 17.2 Å². The molecule has 2 fully saturated rings. The molecule has 2 N–H and O–H groups in total. The molecule has 2 heterocycles. The summed E-state index contributed by atoms with van der Waals surface area (Å²) in [4.78, 5) is 27.1. The summed E-state index contributed by atoms with van der Waals surface area (Å²) in [6.07, 6.45) is 6.12. The lowest BCUT2D eigenvalue weighted by molar-refractivity contribution is 0.0524. The summed E-state index contributed by atoms with van der Waals surface area (Å²) in [5.74, 6) is -1.27. The molecule has 1 aliphatic heterocycles. The SMILES string of the molecule is CCOC(=O)c1cn(C2CC2)c2c(Cl)c(N3CCCCC(N)C3)c(F)cc2c1=O. The van der Waals surface area contributed by atoms with Crippen LogP contribution in [0.3, 0.4) is 0 Å². The smallest absolute Gasteiger partial charge is 0.343 e. The molecule has 1 atom stereocenters. The van der Waals surface area contributed by atoms with Crippen molar-refractivity contribution in [1.82, 2.24) is 4.57 Å². The van der Waals surface area contributed by atoms with Crippen molar-refractivity contribution in [2.45, 2.75) is 51.1 Å². The minimum Gasteiger partial charge on any atom is -0.462 e.